The molecule has 1 atom stereocenters. The molecule has 0 bridgehead atoms. The summed E-state index contributed by atoms with van der Waals surface area (Å²) in [7, 11) is -0.496. The van der Waals surface area contributed by atoms with Gasteiger partial charge in [0.1, 0.15) is 10.6 Å². The van der Waals surface area contributed by atoms with Crippen molar-refractivity contribution in [1.29, 1.82) is 0 Å². The molecule has 1 aliphatic heterocycles. The second-order valence-corrected chi connectivity index (χ2v) is 8.66. The van der Waals surface area contributed by atoms with E-state index >= 15 is 0 Å². The third-order valence-electron chi connectivity index (χ3n) is 4.85. The lowest BCUT2D eigenvalue weighted by molar-refractivity contribution is 0.167. The number of sulfonamides is 1. The monoisotopic (exact) mass is 378 g/mol. The van der Waals surface area contributed by atoms with Crippen molar-refractivity contribution in [3.8, 4) is 5.75 Å². The van der Waals surface area contributed by atoms with Crippen LogP contribution in [0.25, 0.3) is 0 Å². The predicted octanol–water partition coefficient (Wildman–Crippen LogP) is 2.66. The van der Waals surface area contributed by atoms with Gasteiger partial charge in [0.05, 0.1) is 13.7 Å². The molecule has 6 nitrogen and oxygen atoms in total. The molecule has 2 aromatic rings. The minimum atomic E-state index is -3.67. The topological polar surface area (TPSA) is 60.8 Å². The van der Waals surface area contributed by atoms with E-state index in [4.69, 9.17) is 9.47 Å². The molecular weight excluding hydrogens is 352 g/mol. The molecule has 0 spiro atoms. The molecule has 1 aromatic heterocycles. The Morgan fingerprint density at radius 1 is 1.19 bits per heavy atom. The maximum absolute atomic E-state index is 13.4. The first-order valence-corrected chi connectivity index (χ1v) is 10.2. The van der Waals surface area contributed by atoms with Crippen molar-refractivity contribution in [2.75, 3.05) is 27.4 Å². The minimum absolute atomic E-state index is 0.190. The molecule has 1 unspecified atom stereocenters. The molecule has 1 aliphatic rings. The van der Waals surface area contributed by atoms with Gasteiger partial charge in [-0.1, -0.05) is 6.07 Å². The van der Waals surface area contributed by atoms with Gasteiger partial charge in [-0.25, -0.2) is 8.42 Å². The van der Waals surface area contributed by atoms with Crippen molar-refractivity contribution in [2.24, 2.45) is 5.92 Å². The molecule has 0 saturated heterocycles. The Hall–Kier alpha value is -1.83. The van der Waals surface area contributed by atoms with Crippen molar-refractivity contribution in [1.82, 2.24) is 8.87 Å². The highest BCUT2D eigenvalue weighted by atomic mass is 32.2. The lowest BCUT2D eigenvalue weighted by Gasteiger charge is -2.24. The fourth-order valence-corrected chi connectivity index (χ4v) is 5.04. The third kappa shape index (κ3) is 3.79. The number of nitrogens with zero attached hydrogens (tertiary/aromatic N) is 2. The number of rotatable bonds is 6. The van der Waals surface area contributed by atoms with E-state index in [0.29, 0.717) is 25.4 Å². The average Bonchev–Trinajstić information content (AvgIpc) is 2.97. The molecule has 26 heavy (non-hydrogen) atoms. The Bertz CT molecular complexity index is 860. The molecule has 7 heteroatoms. The van der Waals surface area contributed by atoms with Crippen LogP contribution in [-0.4, -0.2) is 44.7 Å². The van der Waals surface area contributed by atoms with Crippen LogP contribution in [0.1, 0.15) is 17.7 Å². The van der Waals surface area contributed by atoms with Crippen LogP contribution in [0.15, 0.2) is 41.4 Å². The highest BCUT2D eigenvalue weighted by Crippen LogP contribution is 2.31. The Morgan fingerprint density at radius 3 is 2.73 bits per heavy atom. The number of aromatic nitrogens is 1. The van der Waals surface area contributed by atoms with Crippen molar-refractivity contribution in [2.45, 2.75) is 31.3 Å². The molecule has 0 N–H and O–H groups in total. The zero-order valence-corrected chi connectivity index (χ0v) is 16.3. The van der Waals surface area contributed by atoms with E-state index in [1.165, 1.54) is 7.11 Å². The third-order valence-corrected chi connectivity index (χ3v) is 6.70. The molecule has 0 amide bonds. The standard InChI is InChI=1S/C19H26N2O4S/c1-15-6-7-19(18(11-15)25-3)26(22,23)21-13-16(8-10-24-2)12-20-9-4-5-17(20)14-21/h4-7,9,11,16H,8,10,12-14H2,1-3H3. The predicted molar refractivity (Wildman–Crippen MR) is 99.7 cm³/mol. The summed E-state index contributed by atoms with van der Waals surface area (Å²) >= 11 is 0. The van der Waals surface area contributed by atoms with Gasteiger partial charge in [-0.3, -0.25) is 0 Å². The van der Waals surface area contributed by atoms with Crippen LogP contribution in [0.2, 0.25) is 0 Å². The van der Waals surface area contributed by atoms with E-state index in [1.54, 1.807) is 29.6 Å². The van der Waals surface area contributed by atoms with Crippen molar-refractivity contribution < 1.29 is 17.9 Å². The summed E-state index contributed by atoms with van der Waals surface area (Å²) in [5.41, 5.74) is 1.96. The lowest BCUT2D eigenvalue weighted by Crippen LogP contribution is -2.34. The maximum Gasteiger partial charge on any atom is 0.247 e. The molecular formula is C19H26N2O4S. The van der Waals surface area contributed by atoms with Crippen LogP contribution < -0.4 is 4.74 Å². The van der Waals surface area contributed by atoms with E-state index in [-0.39, 0.29) is 10.8 Å². The second kappa shape index (κ2) is 7.82. The Balaban J connectivity index is 1.97. The Labute approximate surface area is 155 Å². The molecule has 142 valence electrons. The van der Waals surface area contributed by atoms with E-state index in [2.05, 4.69) is 4.57 Å². The van der Waals surface area contributed by atoms with Gasteiger partial charge in [0.25, 0.3) is 0 Å². The fraction of sp³-hybridized carbons (Fsp3) is 0.474. The van der Waals surface area contributed by atoms with Gasteiger partial charge in [-0.2, -0.15) is 4.31 Å². The lowest BCUT2D eigenvalue weighted by atomic mass is 10.1. The SMILES string of the molecule is COCCC1CN(S(=O)(=O)c2ccc(C)cc2OC)Cc2cccn2C1. The summed E-state index contributed by atoms with van der Waals surface area (Å²) in [5.74, 6) is 0.577. The van der Waals surface area contributed by atoms with Crippen LogP contribution in [0.4, 0.5) is 0 Å². The maximum atomic E-state index is 13.4. The summed E-state index contributed by atoms with van der Waals surface area (Å²) in [5, 5.41) is 0. The van der Waals surface area contributed by atoms with Crippen LogP contribution in [0.5, 0.6) is 5.75 Å². The van der Waals surface area contributed by atoms with Gasteiger partial charge in [-0.05, 0) is 49.1 Å². The summed E-state index contributed by atoms with van der Waals surface area (Å²) < 4.78 is 41.0. The second-order valence-electron chi connectivity index (χ2n) is 6.75. The fourth-order valence-electron chi connectivity index (χ4n) is 3.42. The number of hydrogen-bond acceptors (Lipinski definition) is 4. The van der Waals surface area contributed by atoms with Gasteiger partial charge < -0.3 is 14.0 Å². The molecule has 0 fully saturated rings. The quantitative estimate of drug-likeness (QED) is 0.775. The van der Waals surface area contributed by atoms with Gasteiger partial charge in [0.15, 0.2) is 0 Å². The molecule has 1 aromatic carbocycles. The van der Waals surface area contributed by atoms with E-state index < -0.39 is 10.0 Å². The molecule has 3 rings (SSSR count). The summed E-state index contributed by atoms with van der Waals surface area (Å²) in [6, 6.07) is 9.14. The number of fused-ring (bicyclic) bond motifs is 1. The smallest absolute Gasteiger partial charge is 0.247 e. The van der Waals surface area contributed by atoms with Crippen LogP contribution in [0, 0.1) is 12.8 Å². The first kappa shape index (κ1) is 18.9. The van der Waals surface area contributed by atoms with Crippen molar-refractivity contribution in [3.05, 3.63) is 47.8 Å². The van der Waals surface area contributed by atoms with Crippen LogP contribution in [-0.2, 0) is 27.8 Å². The molecule has 0 radical (unpaired) electrons. The van der Waals surface area contributed by atoms with Crippen LogP contribution in [0.3, 0.4) is 0 Å². The van der Waals surface area contributed by atoms with Gasteiger partial charge >= 0.3 is 0 Å². The van der Waals surface area contributed by atoms with Crippen LogP contribution >= 0.6 is 0 Å². The zero-order valence-electron chi connectivity index (χ0n) is 15.5. The largest absolute Gasteiger partial charge is 0.495 e. The highest BCUT2D eigenvalue weighted by Gasteiger charge is 2.32. The number of hydrogen-bond donors (Lipinski definition) is 0. The van der Waals surface area contributed by atoms with Crippen molar-refractivity contribution in [3.63, 3.8) is 0 Å². The highest BCUT2D eigenvalue weighted by molar-refractivity contribution is 7.89. The number of ether oxygens (including phenoxy) is 2. The summed E-state index contributed by atoms with van der Waals surface area (Å²) in [6.45, 7) is 4.14. The minimum Gasteiger partial charge on any atom is -0.495 e. The first-order chi connectivity index (χ1) is 12.5. The first-order valence-electron chi connectivity index (χ1n) is 8.73. The van der Waals surface area contributed by atoms with E-state index in [0.717, 1.165) is 24.2 Å². The Morgan fingerprint density at radius 2 is 2.00 bits per heavy atom. The average molecular weight is 378 g/mol. The zero-order chi connectivity index (χ0) is 18.7. The molecule has 0 aliphatic carbocycles. The van der Waals surface area contributed by atoms with Gasteiger partial charge in [0, 0.05) is 38.7 Å². The number of benzene rings is 1. The summed E-state index contributed by atoms with van der Waals surface area (Å²) in [4.78, 5) is 0.219. The van der Waals surface area contributed by atoms with E-state index in [9.17, 15) is 8.42 Å². The summed E-state index contributed by atoms with van der Waals surface area (Å²) in [6.07, 6.45) is 2.82. The normalized spacial score (nSPS) is 18.3. The van der Waals surface area contributed by atoms with Gasteiger partial charge in [-0.15, -0.1) is 0 Å². The molecule has 0 saturated carbocycles. The Kier molecular flexibility index (Phi) is 5.70. The number of aryl methyl sites for hydroxylation is 1. The van der Waals surface area contributed by atoms with E-state index in [1.807, 2.05) is 25.3 Å². The van der Waals surface area contributed by atoms with Gasteiger partial charge in [0.2, 0.25) is 10.0 Å². The molecule has 2 heterocycles. The number of methoxy groups -OCH3 is 2. The van der Waals surface area contributed by atoms with Crippen molar-refractivity contribution >= 4 is 10.0 Å².